The minimum Gasteiger partial charge on any atom is -0.482 e. The van der Waals surface area contributed by atoms with Crippen LogP contribution in [-0.4, -0.2) is 24.5 Å². The van der Waals surface area contributed by atoms with E-state index in [4.69, 9.17) is 10.00 Å². The van der Waals surface area contributed by atoms with Gasteiger partial charge >= 0.3 is 0 Å². The van der Waals surface area contributed by atoms with E-state index in [0.29, 0.717) is 17.9 Å². The van der Waals surface area contributed by atoms with E-state index in [1.54, 1.807) is 36.2 Å². The molecular weight excluding hydrogens is 344 g/mol. The van der Waals surface area contributed by atoms with Crippen molar-refractivity contribution >= 4 is 21.8 Å². The monoisotopic (exact) mass is 358 g/mol. The molecule has 0 radical (unpaired) electrons. The third kappa shape index (κ3) is 4.09. The number of nitrogens with zero attached hydrogens (tertiary/aromatic N) is 2. The Balaban J connectivity index is 1.95. The Morgan fingerprint density at radius 3 is 2.64 bits per heavy atom. The van der Waals surface area contributed by atoms with Crippen LogP contribution in [0.15, 0.2) is 53.0 Å². The molecule has 0 saturated carbocycles. The smallest absolute Gasteiger partial charge is 0.260 e. The molecule has 22 heavy (non-hydrogen) atoms. The molecule has 0 saturated heterocycles. The van der Waals surface area contributed by atoms with Crippen molar-refractivity contribution in [2.45, 2.75) is 6.54 Å². The largest absolute Gasteiger partial charge is 0.482 e. The first-order chi connectivity index (χ1) is 10.6. The van der Waals surface area contributed by atoms with Crippen molar-refractivity contribution in [2.24, 2.45) is 0 Å². The number of ether oxygens (including phenoxy) is 1. The zero-order chi connectivity index (χ0) is 15.9. The number of benzene rings is 2. The van der Waals surface area contributed by atoms with Crippen LogP contribution in [0, 0.1) is 11.3 Å². The summed E-state index contributed by atoms with van der Waals surface area (Å²) in [6.45, 7) is 0.392. The van der Waals surface area contributed by atoms with Crippen LogP contribution in [0.5, 0.6) is 5.75 Å². The molecule has 2 aromatic rings. The van der Waals surface area contributed by atoms with Crippen molar-refractivity contribution in [3.63, 3.8) is 0 Å². The van der Waals surface area contributed by atoms with Gasteiger partial charge in [0.15, 0.2) is 6.61 Å². The number of amides is 1. The lowest BCUT2D eigenvalue weighted by Gasteiger charge is -2.18. The number of carbonyl (C=O) groups excluding carboxylic acids is 1. The Hall–Kier alpha value is -2.32. The van der Waals surface area contributed by atoms with Gasteiger partial charge in [0.2, 0.25) is 0 Å². The van der Waals surface area contributed by atoms with E-state index in [-0.39, 0.29) is 12.5 Å². The summed E-state index contributed by atoms with van der Waals surface area (Å²) in [6.07, 6.45) is 0. The topological polar surface area (TPSA) is 53.3 Å². The molecule has 0 spiro atoms. The first kappa shape index (κ1) is 16.1. The predicted molar refractivity (Wildman–Crippen MR) is 87.3 cm³/mol. The van der Waals surface area contributed by atoms with E-state index in [1.165, 1.54) is 0 Å². The lowest BCUT2D eigenvalue weighted by Crippen LogP contribution is -2.31. The third-order valence-corrected chi connectivity index (χ3v) is 3.92. The molecule has 0 aliphatic carbocycles. The Kier molecular flexibility index (Phi) is 5.56. The Morgan fingerprint density at radius 2 is 1.91 bits per heavy atom. The van der Waals surface area contributed by atoms with Crippen LogP contribution in [0.3, 0.4) is 0 Å². The fourth-order valence-electron chi connectivity index (χ4n) is 1.90. The van der Waals surface area contributed by atoms with E-state index in [2.05, 4.69) is 15.9 Å². The molecule has 4 nitrogen and oxygen atoms in total. The summed E-state index contributed by atoms with van der Waals surface area (Å²) in [7, 11) is 1.72. The van der Waals surface area contributed by atoms with Crippen LogP contribution >= 0.6 is 15.9 Å². The number of rotatable bonds is 5. The summed E-state index contributed by atoms with van der Waals surface area (Å²) in [5.41, 5.74) is 1.44. The molecule has 0 unspecified atom stereocenters. The second-order valence-electron chi connectivity index (χ2n) is 4.74. The molecule has 5 heteroatoms. The zero-order valence-electron chi connectivity index (χ0n) is 12.1. The zero-order valence-corrected chi connectivity index (χ0v) is 13.7. The Bertz CT molecular complexity index is 710. The van der Waals surface area contributed by atoms with Gasteiger partial charge in [-0.3, -0.25) is 4.79 Å². The van der Waals surface area contributed by atoms with E-state index < -0.39 is 0 Å². The molecule has 0 aliphatic rings. The minimum atomic E-state index is -0.150. The van der Waals surface area contributed by atoms with Crippen molar-refractivity contribution in [3.8, 4) is 11.8 Å². The highest BCUT2D eigenvalue weighted by molar-refractivity contribution is 9.10. The summed E-state index contributed by atoms with van der Waals surface area (Å²) in [4.78, 5) is 13.7. The molecule has 0 fully saturated rings. The van der Waals surface area contributed by atoms with Crippen molar-refractivity contribution in [1.82, 2.24) is 4.90 Å². The predicted octanol–water partition coefficient (Wildman–Crippen LogP) is 3.36. The van der Waals surface area contributed by atoms with Gasteiger partial charge in [0, 0.05) is 18.1 Å². The van der Waals surface area contributed by atoms with Crippen LogP contribution in [0.1, 0.15) is 11.1 Å². The molecule has 0 aromatic heterocycles. The highest BCUT2D eigenvalue weighted by Crippen LogP contribution is 2.18. The second-order valence-corrected chi connectivity index (χ2v) is 5.59. The van der Waals surface area contributed by atoms with E-state index >= 15 is 0 Å². The average molecular weight is 359 g/mol. The summed E-state index contributed by atoms with van der Waals surface area (Å²) < 4.78 is 6.42. The molecule has 0 heterocycles. The maximum absolute atomic E-state index is 12.1. The molecule has 2 rings (SSSR count). The summed E-state index contributed by atoms with van der Waals surface area (Å²) in [6, 6.07) is 16.7. The van der Waals surface area contributed by atoms with E-state index in [1.807, 2.05) is 30.3 Å². The molecule has 0 atom stereocenters. The quantitative estimate of drug-likeness (QED) is 0.823. The number of nitriles is 1. The van der Waals surface area contributed by atoms with Crippen LogP contribution in [0.4, 0.5) is 0 Å². The van der Waals surface area contributed by atoms with Crippen LogP contribution in [-0.2, 0) is 11.3 Å². The first-order valence-corrected chi connectivity index (χ1v) is 7.50. The molecule has 0 N–H and O–H groups in total. The van der Waals surface area contributed by atoms with Gasteiger partial charge < -0.3 is 9.64 Å². The number of para-hydroxylation sites is 1. The highest BCUT2D eigenvalue weighted by Gasteiger charge is 2.12. The summed E-state index contributed by atoms with van der Waals surface area (Å²) >= 11 is 3.46. The van der Waals surface area contributed by atoms with Crippen LogP contribution < -0.4 is 4.74 Å². The Labute approximate surface area is 138 Å². The fourth-order valence-corrected chi connectivity index (χ4v) is 2.32. The normalized spacial score (nSPS) is 9.86. The maximum atomic E-state index is 12.1. The maximum Gasteiger partial charge on any atom is 0.260 e. The summed E-state index contributed by atoms with van der Waals surface area (Å²) in [5.74, 6) is 0.274. The van der Waals surface area contributed by atoms with Gasteiger partial charge in [-0.05, 0) is 23.8 Å². The lowest BCUT2D eigenvalue weighted by molar-refractivity contribution is -0.132. The molecule has 0 bridgehead atoms. The third-order valence-electron chi connectivity index (χ3n) is 3.15. The number of likely N-dealkylation sites (N-methyl/N-ethyl adjacent to an activating group) is 1. The van der Waals surface area contributed by atoms with E-state index in [9.17, 15) is 4.79 Å². The van der Waals surface area contributed by atoms with Crippen LogP contribution in [0.2, 0.25) is 0 Å². The SMILES string of the molecule is CN(Cc1ccccc1Br)C(=O)COc1ccccc1C#N. The van der Waals surface area contributed by atoms with Gasteiger partial charge in [0.25, 0.3) is 5.91 Å². The fraction of sp³-hybridized carbons (Fsp3) is 0.176. The van der Waals surface area contributed by atoms with Gasteiger partial charge in [-0.25, -0.2) is 0 Å². The minimum absolute atomic E-state index is 0.0976. The molecule has 0 aliphatic heterocycles. The van der Waals surface area contributed by atoms with Crippen molar-refractivity contribution in [2.75, 3.05) is 13.7 Å². The summed E-state index contributed by atoms with van der Waals surface area (Å²) in [5, 5.41) is 8.99. The molecule has 1 amide bonds. The number of carbonyl (C=O) groups is 1. The van der Waals surface area contributed by atoms with Crippen molar-refractivity contribution in [3.05, 3.63) is 64.1 Å². The van der Waals surface area contributed by atoms with Gasteiger partial charge in [-0.15, -0.1) is 0 Å². The average Bonchev–Trinajstić information content (AvgIpc) is 2.54. The number of halogens is 1. The van der Waals surface area contributed by atoms with E-state index in [0.717, 1.165) is 10.0 Å². The van der Waals surface area contributed by atoms with Gasteiger partial charge in [-0.2, -0.15) is 5.26 Å². The molecule has 112 valence electrons. The van der Waals surface area contributed by atoms with Crippen molar-refractivity contribution < 1.29 is 9.53 Å². The van der Waals surface area contributed by atoms with Gasteiger partial charge in [0.1, 0.15) is 11.8 Å². The standard InChI is InChI=1S/C17H15BrN2O2/c1-20(11-14-7-2-4-8-15(14)18)17(21)12-22-16-9-5-3-6-13(16)10-19/h2-9H,11-12H2,1H3. The molecule has 2 aromatic carbocycles. The second kappa shape index (κ2) is 7.62. The number of hydrogen-bond acceptors (Lipinski definition) is 3. The first-order valence-electron chi connectivity index (χ1n) is 6.71. The van der Waals surface area contributed by atoms with Gasteiger partial charge in [-0.1, -0.05) is 46.3 Å². The van der Waals surface area contributed by atoms with Crippen LogP contribution in [0.25, 0.3) is 0 Å². The Morgan fingerprint density at radius 1 is 1.23 bits per heavy atom. The van der Waals surface area contributed by atoms with Gasteiger partial charge in [0.05, 0.1) is 5.56 Å². The highest BCUT2D eigenvalue weighted by atomic mass is 79.9. The number of hydrogen-bond donors (Lipinski definition) is 0. The molecular formula is C17H15BrN2O2. The lowest BCUT2D eigenvalue weighted by atomic mass is 10.2. The van der Waals surface area contributed by atoms with Crippen molar-refractivity contribution in [1.29, 1.82) is 5.26 Å².